The number of carbonyl (C=O) groups is 1. The Morgan fingerprint density at radius 1 is 1.03 bits per heavy atom. The van der Waals surface area contributed by atoms with Gasteiger partial charge in [0.25, 0.3) is 5.91 Å². The number of nitriles is 1. The van der Waals surface area contributed by atoms with E-state index in [1.165, 1.54) is 5.56 Å². The molecule has 4 rings (SSSR count). The first-order valence-electron chi connectivity index (χ1n) is 10.3. The minimum absolute atomic E-state index is 0.0232. The lowest BCUT2D eigenvalue weighted by Gasteiger charge is -2.32. The van der Waals surface area contributed by atoms with Crippen molar-refractivity contribution in [2.45, 2.75) is 19.3 Å². The number of nitrogens with zero attached hydrogens (tertiary/aromatic N) is 3. The van der Waals surface area contributed by atoms with Gasteiger partial charge in [-0.3, -0.25) is 9.78 Å². The number of amides is 1. The number of rotatable bonds is 5. The molecule has 150 valence electrons. The highest BCUT2D eigenvalue weighted by molar-refractivity contribution is 5.95. The number of carbonyl (C=O) groups excluding carboxylic acids is 1. The number of hydrogen-bond donors (Lipinski definition) is 1. The molecule has 5 nitrogen and oxygen atoms in total. The quantitative estimate of drug-likeness (QED) is 0.673. The fourth-order valence-electron chi connectivity index (χ4n) is 3.93. The highest BCUT2D eigenvalue weighted by Gasteiger charge is 2.24. The summed E-state index contributed by atoms with van der Waals surface area (Å²) in [6, 6.07) is 21.7. The standard InChI is InChI=1S/C25H24N4O/c26-16-21-7-4-8-23(14-21)28-24-15-22(17-27-18-24)25(30)29-11-9-20(10-12-29)13-19-5-2-1-3-6-19/h1-8,14-15,17-18,20,28H,9-13H2. The number of hydrogen-bond acceptors (Lipinski definition) is 4. The van der Waals surface area contributed by atoms with Crippen molar-refractivity contribution in [1.82, 2.24) is 9.88 Å². The zero-order valence-corrected chi connectivity index (χ0v) is 16.8. The highest BCUT2D eigenvalue weighted by Crippen LogP contribution is 2.24. The van der Waals surface area contributed by atoms with E-state index in [0.717, 1.165) is 43.7 Å². The topological polar surface area (TPSA) is 69.0 Å². The second kappa shape index (κ2) is 9.23. The molecule has 0 atom stereocenters. The Morgan fingerprint density at radius 3 is 2.60 bits per heavy atom. The Morgan fingerprint density at radius 2 is 1.83 bits per heavy atom. The fourth-order valence-corrected chi connectivity index (χ4v) is 3.93. The molecule has 30 heavy (non-hydrogen) atoms. The molecule has 1 N–H and O–H groups in total. The molecule has 0 bridgehead atoms. The van der Waals surface area contributed by atoms with Crippen LogP contribution >= 0.6 is 0 Å². The molecule has 2 aromatic carbocycles. The van der Waals surface area contributed by atoms with Crippen LogP contribution in [0.25, 0.3) is 0 Å². The minimum atomic E-state index is 0.0232. The first kappa shape index (κ1) is 19.7. The Bertz CT molecular complexity index is 1050. The van der Waals surface area contributed by atoms with Crippen LogP contribution in [0.1, 0.15) is 34.3 Å². The van der Waals surface area contributed by atoms with Gasteiger partial charge in [0, 0.05) is 25.0 Å². The number of anilines is 2. The van der Waals surface area contributed by atoms with Crippen LogP contribution in [0.5, 0.6) is 0 Å². The van der Waals surface area contributed by atoms with Crippen LogP contribution in [0.15, 0.2) is 73.1 Å². The van der Waals surface area contributed by atoms with Crippen molar-refractivity contribution in [2.75, 3.05) is 18.4 Å². The summed E-state index contributed by atoms with van der Waals surface area (Å²) in [5.74, 6) is 0.644. The molecule has 1 saturated heterocycles. The van der Waals surface area contributed by atoms with Gasteiger partial charge >= 0.3 is 0 Å². The molecule has 3 aromatic rings. The van der Waals surface area contributed by atoms with Gasteiger partial charge in [-0.05, 0) is 55.0 Å². The molecule has 2 heterocycles. The van der Waals surface area contributed by atoms with E-state index in [1.807, 2.05) is 29.2 Å². The summed E-state index contributed by atoms with van der Waals surface area (Å²) in [5, 5.41) is 12.3. The molecular formula is C25H24N4O. The summed E-state index contributed by atoms with van der Waals surface area (Å²) in [6.07, 6.45) is 6.42. The summed E-state index contributed by atoms with van der Waals surface area (Å²) in [4.78, 5) is 19.1. The summed E-state index contributed by atoms with van der Waals surface area (Å²) in [5.41, 5.74) is 4.05. The molecule has 1 aromatic heterocycles. The van der Waals surface area contributed by atoms with Crippen molar-refractivity contribution in [3.63, 3.8) is 0 Å². The van der Waals surface area contributed by atoms with E-state index in [1.54, 1.807) is 24.5 Å². The Hall–Kier alpha value is -3.65. The number of benzene rings is 2. The first-order chi connectivity index (χ1) is 14.7. The Kier molecular flexibility index (Phi) is 6.05. The summed E-state index contributed by atoms with van der Waals surface area (Å²) >= 11 is 0. The number of aromatic nitrogens is 1. The van der Waals surface area contributed by atoms with Gasteiger partial charge < -0.3 is 10.2 Å². The highest BCUT2D eigenvalue weighted by atomic mass is 16.2. The monoisotopic (exact) mass is 396 g/mol. The van der Waals surface area contributed by atoms with Crippen molar-refractivity contribution in [3.8, 4) is 6.07 Å². The number of pyridine rings is 1. The molecule has 1 amide bonds. The number of piperidine rings is 1. The van der Waals surface area contributed by atoms with E-state index in [0.29, 0.717) is 17.0 Å². The average molecular weight is 396 g/mol. The van der Waals surface area contributed by atoms with Crippen molar-refractivity contribution in [3.05, 3.63) is 89.7 Å². The second-order valence-electron chi connectivity index (χ2n) is 7.71. The maximum Gasteiger partial charge on any atom is 0.255 e. The Labute approximate surface area is 177 Å². The molecule has 0 spiro atoms. The van der Waals surface area contributed by atoms with E-state index in [-0.39, 0.29) is 5.91 Å². The van der Waals surface area contributed by atoms with Crippen LogP contribution in [0.2, 0.25) is 0 Å². The maximum atomic E-state index is 13.0. The lowest BCUT2D eigenvalue weighted by molar-refractivity contribution is 0.0690. The van der Waals surface area contributed by atoms with E-state index in [4.69, 9.17) is 5.26 Å². The lowest BCUT2D eigenvalue weighted by atomic mass is 9.90. The summed E-state index contributed by atoms with van der Waals surface area (Å²) in [6.45, 7) is 1.55. The summed E-state index contributed by atoms with van der Waals surface area (Å²) in [7, 11) is 0. The average Bonchev–Trinajstić information content (AvgIpc) is 2.80. The van der Waals surface area contributed by atoms with Crippen LogP contribution in [-0.2, 0) is 6.42 Å². The third-order valence-corrected chi connectivity index (χ3v) is 5.53. The molecule has 1 aliphatic rings. The summed E-state index contributed by atoms with van der Waals surface area (Å²) < 4.78 is 0. The Balaban J connectivity index is 1.37. The first-order valence-corrected chi connectivity index (χ1v) is 10.3. The normalized spacial score (nSPS) is 14.2. The zero-order chi connectivity index (χ0) is 20.8. The van der Waals surface area contributed by atoms with Crippen LogP contribution in [0.3, 0.4) is 0 Å². The number of nitrogens with one attached hydrogen (secondary N) is 1. The molecule has 1 fully saturated rings. The van der Waals surface area contributed by atoms with E-state index in [2.05, 4.69) is 40.6 Å². The molecule has 1 aliphatic heterocycles. The van der Waals surface area contributed by atoms with Crippen molar-refractivity contribution in [2.24, 2.45) is 5.92 Å². The van der Waals surface area contributed by atoms with Crippen molar-refractivity contribution >= 4 is 17.3 Å². The van der Waals surface area contributed by atoms with Gasteiger partial charge in [0.15, 0.2) is 0 Å². The zero-order valence-electron chi connectivity index (χ0n) is 16.8. The van der Waals surface area contributed by atoms with Gasteiger partial charge in [-0.2, -0.15) is 5.26 Å². The molecular weight excluding hydrogens is 372 g/mol. The maximum absolute atomic E-state index is 13.0. The van der Waals surface area contributed by atoms with E-state index < -0.39 is 0 Å². The van der Waals surface area contributed by atoms with Crippen molar-refractivity contribution < 1.29 is 4.79 Å². The van der Waals surface area contributed by atoms with Crippen LogP contribution in [0, 0.1) is 17.2 Å². The van der Waals surface area contributed by atoms with Gasteiger partial charge in [-0.1, -0.05) is 36.4 Å². The van der Waals surface area contributed by atoms with Crippen LogP contribution in [0.4, 0.5) is 11.4 Å². The molecule has 5 heteroatoms. The van der Waals surface area contributed by atoms with Gasteiger partial charge in [0.2, 0.25) is 0 Å². The third kappa shape index (κ3) is 4.84. The molecule has 0 aliphatic carbocycles. The second-order valence-corrected chi connectivity index (χ2v) is 7.71. The minimum Gasteiger partial charge on any atom is -0.354 e. The van der Waals surface area contributed by atoms with Crippen LogP contribution < -0.4 is 5.32 Å². The molecule has 0 radical (unpaired) electrons. The van der Waals surface area contributed by atoms with Gasteiger partial charge in [-0.25, -0.2) is 0 Å². The van der Waals surface area contributed by atoms with E-state index in [9.17, 15) is 4.79 Å². The predicted octanol–water partition coefficient (Wildman–Crippen LogP) is 4.79. The number of likely N-dealkylation sites (tertiary alicyclic amines) is 1. The SMILES string of the molecule is N#Cc1cccc(Nc2cncc(C(=O)N3CCC(Cc4ccccc4)CC3)c2)c1. The van der Waals surface area contributed by atoms with Crippen LogP contribution in [-0.4, -0.2) is 28.9 Å². The third-order valence-electron chi connectivity index (χ3n) is 5.53. The van der Waals surface area contributed by atoms with Crippen molar-refractivity contribution in [1.29, 1.82) is 5.26 Å². The smallest absolute Gasteiger partial charge is 0.255 e. The van der Waals surface area contributed by atoms with E-state index >= 15 is 0 Å². The molecule has 0 saturated carbocycles. The van der Waals surface area contributed by atoms with Gasteiger partial charge in [0.05, 0.1) is 29.1 Å². The van der Waals surface area contributed by atoms with Gasteiger partial charge in [0.1, 0.15) is 0 Å². The van der Waals surface area contributed by atoms with Gasteiger partial charge in [-0.15, -0.1) is 0 Å². The largest absolute Gasteiger partial charge is 0.354 e. The lowest BCUT2D eigenvalue weighted by Crippen LogP contribution is -2.39. The molecule has 0 unspecified atom stereocenters. The fraction of sp³-hybridized carbons (Fsp3) is 0.240. The predicted molar refractivity (Wildman–Crippen MR) is 117 cm³/mol.